The summed E-state index contributed by atoms with van der Waals surface area (Å²) in [6, 6.07) is 0.250. The van der Waals surface area contributed by atoms with Crippen LogP contribution in [0.3, 0.4) is 0 Å². The highest BCUT2D eigenvalue weighted by Crippen LogP contribution is 2.06. The smallest absolute Gasteiger partial charge is 0.122 e. The number of nitrogens with one attached hydrogen (secondary N) is 2. The molecule has 1 unspecified atom stereocenters. The molecule has 5 nitrogen and oxygen atoms in total. The quantitative estimate of drug-likeness (QED) is 0.451. The van der Waals surface area contributed by atoms with Crippen molar-refractivity contribution >= 4 is 5.84 Å². The summed E-state index contributed by atoms with van der Waals surface area (Å²) in [4.78, 5) is 2.07. The van der Waals surface area contributed by atoms with Crippen LogP contribution in [-0.4, -0.2) is 57.3 Å². The number of amidine groups is 1. The van der Waals surface area contributed by atoms with E-state index in [-0.39, 0.29) is 6.04 Å². The molecule has 2 atom stereocenters. The van der Waals surface area contributed by atoms with Crippen LogP contribution in [0.25, 0.3) is 0 Å². The summed E-state index contributed by atoms with van der Waals surface area (Å²) >= 11 is 0. The number of rotatable bonds is 11. The van der Waals surface area contributed by atoms with Gasteiger partial charge in [0, 0.05) is 46.2 Å². The average molecular weight is 285 g/mol. The Morgan fingerprint density at radius 2 is 2.00 bits per heavy atom. The Bertz CT molecular complexity index is 282. The minimum absolute atomic E-state index is 0.250. The first-order chi connectivity index (χ1) is 9.54. The van der Waals surface area contributed by atoms with Gasteiger partial charge in [0.2, 0.25) is 0 Å². The van der Waals surface area contributed by atoms with Crippen molar-refractivity contribution in [3.8, 4) is 0 Å². The van der Waals surface area contributed by atoms with Gasteiger partial charge < -0.3 is 19.7 Å². The molecule has 0 rings (SSSR count). The van der Waals surface area contributed by atoms with Crippen LogP contribution in [0, 0.1) is 11.3 Å². The van der Waals surface area contributed by atoms with E-state index in [4.69, 9.17) is 14.9 Å². The van der Waals surface area contributed by atoms with Crippen molar-refractivity contribution in [2.45, 2.75) is 33.2 Å². The van der Waals surface area contributed by atoms with Crippen molar-refractivity contribution in [1.82, 2.24) is 10.2 Å². The maximum atomic E-state index is 8.10. The molecule has 0 aromatic carbocycles. The van der Waals surface area contributed by atoms with Crippen molar-refractivity contribution in [3.05, 3.63) is 12.3 Å². The maximum Gasteiger partial charge on any atom is 0.122 e. The number of methoxy groups -OCH3 is 2. The second-order valence-corrected chi connectivity index (χ2v) is 5.17. The van der Waals surface area contributed by atoms with E-state index in [9.17, 15) is 0 Å². The van der Waals surface area contributed by atoms with Gasteiger partial charge in [-0.05, 0) is 32.3 Å². The van der Waals surface area contributed by atoms with Crippen molar-refractivity contribution < 1.29 is 9.47 Å². The number of likely N-dealkylation sites (N-methyl/N-ethyl adjacent to an activating group) is 1. The molecule has 118 valence electrons. The summed E-state index contributed by atoms with van der Waals surface area (Å²) < 4.78 is 10.1. The van der Waals surface area contributed by atoms with Crippen molar-refractivity contribution in [2.24, 2.45) is 5.92 Å². The van der Waals surface area contributed by atoms with Crippen LogP contribution >= 0.6 is 0 Å². The summed E-state index contributed by atoms with van der Waals surface area (Å²) in [7, 11) is 3.41. The van der Waals surface area contributed by atoms with Gasteiger partial charge >= 0.3 is 0 Å². The van der Waals surface area contributed by atoms with Crippen LogP contribution in [0.5, 0.6) is 0 Å². The zero-order valence-corrected chi connectivity index (χ0v) is 13.6. The van der Waals surface area contributed by atoms with Gasteiger partial charge in [-0.3, -0.25) is 5.41 Å². The summed E-state index contributed by atoms with van der Waals surface area (Å²) in [5, 5.41) is 11.3. The van der Waals surface area contributed by atoms with Crippen molar-refractivity contribution in [3.63, 3.8) is 0 Å². The lowest BCUT2D eigenvalue weighted by molar-refractivity contribution is 0.173. The lowest BCUT2D eigenvalue weighted by Gasteiger charge is -2.25. The van der Waals surface area contributed by atoms with E-state index in [2.05, 4.69) is 24.1 Å². The van der Waals surface area contributed by atoms with Crippen LogP contribution in [-0.2, 0) is 9.47 Å². The molecule has 0 amide bonds. The molecule has 5 heteroatoms. The fraction of sp³-hybridized carbons (Fsp3) is 0.800. The number of ether oxygens (including phenoxy) is 2. The van der Waals surface area contributed by atoms with Gasteiger partial charge in [-0.15, -0.1) is 0 Å². The largest absolute Gasteiger partial charge is 0.386 e. The van der Waals surface area contributed by atoms with E-state index in [1.54, 1.807) is 20.3 Å². The zero-order valence-electron chi connectivity index (χ0n) is 13.6. The Morgan fingerprint density at radius 3 is 2.55 bits per heavy atom. The highest BCUT2D eigenvalue weighted by molar-refractivity contribution is 5.90. The fourth-order valence-corrected chi connectivity index (χ4v) is 1.88. The molecule has 0 aliphatic heterocycles. The lowest BCUT2D eigenvalue weighted by atomic mass is 10.1. The first-order valence-electron chi connectivity index (χ1n) is 7.29. The van der Waals surface area contributed by atoms with Gasteiger partial charge in [-0.1, -0.05) is 6.92 Å². The molecule has 0 fully saturated rings. The van der Waals surface area contributed by atoms with Crippen LogP contribution in [0.4, 0.5) is 0 Å². The summed E-state index contributed by atoms with van der Waals surface area (Å²) in [6.45, 7) is 9.47. The third kappa shape index (κ3) is 8.93. The Morgan fingerprint density at radius 1 is 1.30 bits per heavy atom. The van der Waals surface area contributed by atoms with E-state index in [0.29, 0.717) is 18.4 Å². The fourth-order valence-electron chi connectivity index (χ4n) is 1.88. The number of nitrogens with zero attached hydrogens (tertiary/aromatic N) is 1. The molecule has 0 radical (unpaired) electrons. The highest BCUT2D eigenvalue weighted by Gasteiger charge is 2.10. The third-order valence-electron chi connectivity index (χ3n) is 3.11. The SMILES string of the molecule is CCN(CC(C)CCOC)C(=N)/C=C/N[C@H](C)COC. The third-order valence-corrected chi connectivity index (χ3v) is 3.11. The first kappa shape index (κ1) is 18.9. The second-order valence-electron chi connectivity index (χ2n) is 5.17. The van der Waals surface area contributed by atoms with E-state index < -0.39 is 0 Å². The predicted octanol–water partition coefficient (Wildman–Crippen LogP) is 2.10. The number of hydrogen-bond donors (Lipinski definition) is 2. The Kier molecular flexibility index (Phi) is 11.1. The molecule has 20 heavy (non-hydrogen) atoms. The number of hydrogen-bond acceptors (Lipinski definition) is 4. The Balaban J connectivity index is 4.16. The van der Waals surface area contributed by atoms with Gasteiger partial charge in [0.1, 0.15) is 5.84 Å². The molecule has 0 aliphatic rings. The van der Waals surface area contributed by atoms with Gasteiger partial charge in [0.15, 0.2) is 0 Å². The van der Waals surface area contributed by atoms with E-state index in [1.165, 1.54) is 0 Å². The van der Waals surface area contributed by atoms with Gasteiger partial charge in [0.05, 0.1) is 6.61 Å². The summed E-state index contributed by atoms with van der Waals surface area (Å²) in [5.41, 5.74) is 0. The topological polar surface area (TPSA) is 57.6 Å². The molecule has 0 bridgehead atoms. The van der Waals surface area contributed by atoms with Gasteiger partial charge in [0.25, 0.3) is 0 Å². The van der Waals surface area contributed by atoms with Crippen LogP contribution in [0.15, 0.2) is 12.3 Å². The predicted molar refractivity (Wildman–Crippen MR) is 84.2 cm³/mol. The summed E-state index contributed by atoms with van der Waals surface area (Å²) in [5.74, 6) is 1.05. The molecule has 2 N–H and O–H groups in total. The lowest BCUT2D eigenvalue weighted by Crippen LogP contribution is -2.34. The molecule has 0 aliphatic carbocycles. The molecular weight excluding hydrogens is 254 g/mol. The van der Waals surface area contributed by atoms with Crippen molar-refractivity contribution in [1.29, 1.82) is 5.41 Å². The average Bonchev–Trinajstić information content (AvgIpc) is 2.42. The van der Waals surface area contributed by atoms with Gasteiger partial charge in [-0.25, -0.2) is 0 Å². The van der Waals surface area contributed by atoms with Gasteiger partial charge in [-0.2, -0.15) is 0 Å². The van der Waals surface area contributed by atoms with Crippen molar-refractivity contribution in [2.75, 3.05) is 40.5 Å². The summed E-state index contributed by atoms with van der Waals surface area (Å²) in [6.07, 6.45) is 4.65. The van der Waals surface area contributed by atoms with E-state index in [0.717, 1.165) is 26.1 Å². The standard InChI is InChI=1S/C15H31N3O2/c1-6-18(11-13(2)8-10-19-4)15(16)7-9-17-14(3)12-20-5/h7,9,13-14,16-17H,6,8,10-12H2,1-5H3/b9-7+,16-15?/t13?,14-/m1/s1. The molecule has 0 aromatic rings. The minimum Gasteiger partial charge on any atom is -0.386 e. The molecular formula is C15H31N3O2. The normalized spacial score (nSPS) is 14.2. The molecule has 0 saturated carbocycles. The van der Waals surface area contributed by atoms with Crippen LogP contribution in [0.1, 0.15) is 27.2 Å². The molecule has 0 spiro atoms. The van der Waals surface area contributed by atoms with E-state index in [1.807, 2.05) is 13.1 Å². The van der Waals surface area contributed by atoms with Crippen LogP contribution < -0.4 is 5.32 Å². The van der Waals surface area contributed by atoms with Crippen LogP contribution in [0.2, 0.25) is 0 Å². The minimum atomic E-state index is 0.250. The second kappa shape index (κ2) is 11.7. The Labute approximate surface area is 123 Å². The molecule has 0 saturated heterocycles. The monoisotopic (exact) mass is 285 g/mol. The molecule has 0 aromatic heterocycles. The first-order valence-corrected chi connectivity index (χ1v) is 7.29. The Hall–Kier alpha value is -1.07. The zero-order chi connectivity index (χ0) is 15.4. The molecule has 0 heterocycles. The maximum absolute atomic E-state index is 8.10. The highest BCUT2D eigenvalue weighted by atomic mass is 16.5. The van der Waals surface area contributed by atoms with E-state index >= 15 is 0 Å².